The Kier molecular flexibility index (Phi) is 49.2. The second-order valence-electron chi connectivity index (χ2n) is 20.4. The Labute approximate surface area is 443 Å². The number of hydrogen-bond donors (Lipinski definition) is 2. The average molecular weight is 1030 g/mol. The summed E-state index contributed by atoms with van der Waals surface area (Å²) in [6.07, 6.45) is 68.3. The second-order valence-corrected chi connectivity index (χ2v) is 21.9. The van der Waals surface area contributed by atoms with Crippen molar-refractivity contribution in [2.24, 2.45) is 0 Å². The van der Waals surface area contributed by atoms with E-state index in [1.807, 2.05) is 33.3 Å². The van der Waals surface area contributed by atoms with Gasteiger partial charge in [0.25, 0.3) is 0 Å². The van der Waals surface area contributed by atoms with E-state index < -0.39 is 20.0 Å². The number of carbonyl (C=O) groups excluding carboxylic acids is 2. The highest BCUT2D eigenvalue weighted by atomic mass is 31.2. The first-order chi connectivity index (χ1) is 34.9. The molecule has 0 aromatic carbocycles. The van der Waals surface area contributed by atoms with E-state index in [0.717, 1.165) is 122 Å². The van der Waals surface area contributed by atoms with Crippen LogP contribution >= 0.6 is 7.82 Å². The third-order valence-corrected chi connectivity index (χ3v) is 13.2. The molecule has 0 bridgehead atoms. The van der Waals surface area contributed by atoms with E-state index in [2.05, 4.69) is 111 Å². The first-order valence-corrected chi connectivity index (χ1v) is 30.6. The lowest BCUT2D eigenvalue weighted by atomic mass is 10.1. The van der Waals surface area contributed by atoms with Gasteiger partial charge in [-0.1, -0.05) is 208 Å². The van der Waals surface area contributed by atoms with Crippen LogP contribution in [0, 0.1) is 0 Å². The fourth-order valence-corrected chi connectivity index (χ4v) is 8.50. The summed E-state index contributed by atoms with van der Waals surface area (Å²) in [6, 6.07) is -0.872. The standard InChI is InChI=1S/C62H109N2O7P/c1-7-10-13-16-19-22-25-27-29-30-31-32-33-34-35-36-39-42-45-48-51-54-61(65)63-59(58-70-72(67,68)69-57-56-64(4,5)6)60(53-50-47-44-41-38-24-21-18-15-12-9-3)71-62(66)55-52-49-46-43-40-37-28-26-23-20-17-14-11-8-2/h11,14,19-20,22-23,27-29,31-32,34-35,37,50,53,59-60H,7-10,12-13,15-18,21,24-26,30,33,36,38-49,51-52,54-58H2,1-6H3,(H-,63,65,67,68)/p+1/b14-11+,22-19-,23-20+,29-27-,32-31-,35-34-,37-28+,53-50-. The minimum Gasteiger partial charge on any atom is -0.456 e. The molecule has 72 heavy (non-hydrogen) atoms. The molecule has 0 saturated carbocycles. The molecule has 0 aliphatic carbocycles. The van der Waals surface area contributed by atoms with Crippen LogP contribution in [0.15, 0.2) is 97.2 Å². The zero-order valence-electron chi connectivity index (χ0n) is 47.1. The molecule has 0 heterocycles. The minimum absolute atomic E-state index is 0.0275. The highest BCUT2D eigenvalue weighted by molar-refractivity contribution is 7.47. The van der Waals surface area contributed by atoms with Crippen molar-refractivity contribution >= 4 is 19.7 Å². The Hall–Kier alpha value is -3.07. The molecule has 2 N–H and O–H groups in total. The molecule has 0 aliphatic rings. The Morgan fingerprint density at radius 1 is 0.500 bits per heavy atom. The molecular formula is C62H110N2O7P+. The number of nitrogens with one attached hydrogen (secondary N) is 1. The quantitative estimate of drug-likeness (QED) is 0.0205. The molecule has 0 spiro atoms. The summed E-state index contributed by atoms with van der Waals surface area (Å²) in [6.45, 7) is 6.81. The molecule has 0 aromatic rings. The van der Waals surface area contributed by atoms with E-state index in [1.165, 1.54) is 70.6 Å². The van der Waals surface area contributed by atoms with Crippen LogP contribution in [-0.2, 0) is 27.9 Å². The van der Waals surface area contributed by atoms with Crippen molar-refractivity contribution < 1.29 is 37.3 Å². The topological polar surface area (TPSA) is 111 Å². The summed E-state index contributed by atoms with van der Waals surface area (Å²) < 4.78 is 30.6. The average Bonchev–Trinajstić information content (AvgIpc) is 3.34. The fraction of sp³-hybridized carbons (Fsp3) is 0.710. The number of amides is 1. The summed E-state index contributed by atoms with van der Waals surface area (Å²) in [5.74, 6) is -0.559. The molecule has 0 aromatic heterocycles. The Bertz CT molecular complexity index is 1560. The summed E-state index contributed by atoms with van der Waals surface area (Å²) in [5.41, 5.74) is 0. The van der Waals surface area contributed by atoms with Gasteiger partial charge in [0, 0.05) is 12.8 Å². The van der Waals surface area contributed by atoms with Gasteiger partial charge in [-0.25, -0.2) is 4.57 Å². The van der Waals surface area contributed by atoms with Crippen LogP contribution in [0.3, 0.4) is 0 Å². The molecule has 0 fully saturated rings. The van der Waals surface area contributed by atoms with Gasteiger partial charge in [0.15, 0.2) is 0 Å². The largest absolute Gasteiger partial charge is 0.472 e. The number of esters is 1. The third kappa shape index (κ3) is 51.8. The van der Waals surface area contributed by atoms with Gasteiger partial charge in [0.05, 0.1) is 33.8 Å². The van der Waals surface area contributed by atoms with Crippen molar-refractivity contribution in [2.75, 3.05) is 40.9 Å². The van der Waals surface area contributed by atoms with Crippen molar-refractivity contribution in [1.82, 2.24) is 5.32 Å². The number of nitrogens with zero attached hydrogens (tertiary/aromatic N) is 1. The summed E-state index contributed by atoms with van der Waals surface area (Å²) in [7, 11) is 1.45. The number of phosphoric acid groups is 1. The zero-order valence-corrected chi connectivity index (χ0v) is 48.0. The molecule has 414 valence electrons. The number of unbranched alkanes of at least 4 members (excludes halogenated alkanes) is 21. The Balaban J connectivity index is 5.34. The normalized spacial score (nSPS) is 14.5. The second kappa shape index (κ2) is 51.4. The monoisotopic (exact) mass is 1030 g/mol. The summed E-state index contributed by atoms with van der Waals surface area (Å²) >= 11 is 0. The molecule has 3 atom stereocenters. The number of hydrogen-bond acceptors (Lipinski definition) is 6. The van der Waals surface area contributed by atoms with Crippen LogP contribution in [0.25, 0.3) is 0 Å². The highest BCUT2D eigenvalue weighted by Gasteiger charge is 2.30. The van der Waals surface area contributed by atoms with Gasteiger partial charge in [-0.15, -0.1) is 0 Å². The summed E-state index contributed by atoms with van der Waals surface area (Å²) in [4.78, 5) is 37.6. The van der Waals surface area contributed by atoms with Gasteiger partial charge in [0.2, 0.25) is 5.91 Å². The van der Waals surface area contributed by atoms with E-state index in [-0.39, 0.29) is 31.5 Å². The van der Waals surface area contributed by atoms with E-state index in [0.29, 0.717) is 23.9 Å². The first-order valence-electron chi connectivity index (χ1n) is 29.1. The van der Waals surface area contributed by atoms with Crippen LogP contribution in [-0.4, -0.2) is 74.3 Å². The number of carbonyl (C=O) groups is 2. The van der Waals surface area contributed by atoms with Crippen molar-refractivity contribution in [2.45, 2.75) is 245 Å². The van der Waals surface area contributed by atoms with Crippen LogP contribution in [0.5, 0.6) is 0 Å². The maximum atomic E-state index is 13.5. The van der Waals surface area contributed by atoms with Gasteiger partial charge >= 0.3 is 13.8 Å². The van der Waals surface area contributed by atoms with E-state index >= 15 is 0 Å². The molecule has 10 heteroatoms. The summed E-state index contributed by atoms with van der Waals surface area (Å²) in [5, 5.41) is 3.03. The molecule has 0 aliphatic heterocycles. The lowest BCUT2D eigenvalue weighted by molar-refractivity contribution is -0.870. The fourth-order valence-electron chi connectivity index (χ4n) is 7.76. The molecule has 0 saturated heterocycles. The molecule has 0 radical (unpaired) electrons. The predicted molar refractivity (Wildman–Crippen MR) is 309 cm³/mol. The first kappa shape index (κ1) is 68.9. The lowest BCUT2D eigenvalue weighted by Crippen LogP contribution is -2.47. The van der Waals surface area contributed by atoms with Gasteiger partial charge < -0.3 is 19.4 Å². The highest BCUT2D eigenvalue weighted by Crippen LogP contribution is 2.43. The van der Waals surface area contributed by atoms with Crippen molar-refractivity contribution in [3.05, 3.63) is 97.2 Å². The third-order valence-electron chi connectivity index (χ3n) is 12.3. The van der Waals surface area contributed by atoms with E-state index in [1.54, 1.807) is 0 Å². The lowest BCUT2D eigenvalue weighted by Gasteiger charge is -2.27. The molecular weight excluding hydrogens is 916 g/mol. The zero-order chi connectivity index (χ0) is 52.9. The number of rotatable bonds is 51. The van der Waals surface area contributed by atoms with Crippen molar-refractivity contribution in [3.8, 4) is 0 Å². The van der Waals surface area contributed by atoms with Crippen LogP contribution in [0.2, 0.25) is 0 Å². The van der Waals surface area contributed by atoms with E-state index in [4.69, 9.17) is 13.8 Å². The molecule has 9 nitrogen and oxygen atoms in total. The van der Waals surface area contributed by atoms with Crippen LogP contribution < -0.4 is 5.32 Å². The van der Waals surface area contributed by atoms with Crippen LogP contribution in [0.1, 0.15) is 233 Å². The van der Waals surface area contributed by atoms with Crippen molar-refractivity contribution in [1.29, 1.82) is 0 Å². The van der Waals surface area contributed by atoms with Crippen molar-refractivity contribution in [3.63, 3.8) is 0 Å². The Morgan fingerprint density at radius 2 is 0.889 bits per heavy atom. The number of quaternary nitrogens is 1. The minimum atomic E-state index is -4.46. The smallest absolute Gasteiger partial charge is 0.456 e. The SMILES string of the molecule is CC/C=C/C/C=C/C/C=C/CCCCCCC(=O)OC(/C=C\CCCCCCCCCCC)C(COP(=O)(O)OCC[N+](C)(C)C)NC(=O)CCCCCCC/C=C\C/C=C\C/C=C\C/C=C\CCCCC. The number of likely N-dealkylation sites (N-methyl/N-ethyl adjacent to an activating group) is 1. The number of phosphoric ester groups is 1. The van der Waals surface area contributed by atoms with Gasteiger partial charge in [0.1, 0.15) is 19.3 Å². The predicted octanol–water partition coefficient (Wildman–Crippen LogP) is 17.6. The van der Waals surface area contributed by atoms with Gasteiger partial charge in [-0.2, -0.15) is 0 Å². The number of allylic oxidation sites excluding steroid dienone is 15. The Morgan fingerprint density at radius 3 is 1.36 bits per heavy atom. The van der Waals surface area contributed by atoms with E-state index in [9.17, 15) is 19.0 Å². The maximum absolute atomic E-state index is 13.5. The van der Waals surface area contributed by atoms with Crippen LogP contribution in [0.4, 0.5) is 0 Å². The number of ether oxygens (including phenoxy) is 1. The van der Waals surface area contributed by atoms with Gasteiger partial charge in [-0.05, 0) is 109 Å². The molecule has 1 amide bonds. The molecule has 3 unspecified atom stereocenters. The molecule has 0 rings (SSSR count). The van der Waals surface area contributed by atoms with Gasteiger partial charge in [-0.3, -0.25) is 18.6 Å². The maximum Gasteiger partial charge on any atom is 0.472 e.